The second kappa shape index (κ2) is 6.48. The molecular weight excluding hydrogens is 290 g/mol. The van der Waals surface area contributed by atoms with E-state index in [9.17, 15) is 9.59 Å². The first-order valence-corrected chi connectivity index (χ1v) is 7.54. The fraction of sp³-hybridized carbons (Fsp3) is 0.158. The predicted molar refractivity (Wildman–Crippen MR) is 88.0 cm³/mol. The third-order valence-electron chi connectivity index (χ3n) is 3.81. The van der Waals surface area contributed by atoms with E-state index >= 15 is 0 Å². The summed E-state index contributed by atoms with van der Waals surface area (Å²) in [6.07, 6.45) is 3.76. The van der Waals surface area contributed by atoms with E-state index in [1.54, 1.807) is 30.3 Å². The number of allylic oxidation sites excluding steroid dienone is 1. The van der Waals surface area contributed by atoms with Crippen molar-refractivity contribution in [3.8, 4) is 5.75 Å². The van der Waals surface area contributed by atoms with Crippen molar-refractivity contribution in [1.82, 2.24) is 0 Å². The molecule has 0 aliphatic heterocycles. The number of carbonyl (C=O) groups excluding carboxylic acids is 2. The maximum Gasteiger partial charge on any atom is 0.248 e. The molecule has 0 fully saturated rings. The Morgan fingerprint density at radius 2 is 1.74 bits per heavy atom. The number of ether oxygens (including phenoxy) is 1. The summed E-state index contributed by atoms with van der Waals surface area (Å²) < 4.78 is 5.91. The van der Waals surface area contributed by atoms with Gasteiger partial charge >= 0.3 is 0 Å². The highest BCUT2D eigenvalue weighted by molar-refractivity contribution is 5.96. The molecule has 0 radical (unpaired) electrons. The van der Waals surface area contributed by atoms with Gasteiger partial charge in [-0.1, -0.05) is 24.3 Å². The quantitative estimate of drug-likeness (QED) is 0.947. The van der Waals surface area contributed by atoms with Gasteiger partial charge in [0.2, 0.25) is 5.91 Å². The average molecular weight is 307 g/mol. The lowest BCUT2D eigenvalue weighted by Crippen LogP contribution is -2.10. The number of ketones is 1. The van der Waals surface area contributed by atoms with Gasteiger partial charge in [0.25, 0.3) is 0 Å². The van der Waals surface area contributed by atoms with Gasteiger partial charge in [0.15, 0.2) is 5.78 Å². The van der Waals surface area contributed by atoms with Gasteiger partial charge < -0.3 is 10.5 Å². The minimum Gasteiger partial charge on any atom is -0.457 e. The zero-order chi connectivity index (χ0) is 16.2. The van der Waals surface area contributed by atoms with Crippen LogP contribution in [0.25, 0.3) is 5.76 Å². The molecular formula is C19H17NO3. The number of nitrogens with two attached hydrogens (primary N) is 1. The first-order chi connectivity index (χ1) is 11.1. The summed E-state index contributed by atoms with van der Waals surface area (Å²) in [4.78, 5) is 23.1. The Bertz CT molecular complexity index is 775. The summed E-state index contributed by atoms with van der Waals surface area (Å²) in [6, 6.07) is 14.5. The monoisotopic (exact) mass is 307 g/mol. The third-order valence-corrected chi connectivity index (χ3v) is 3.81. The van der Waals surface area contributed by atoms with Crippen LogP contribution >= 0.6 is 0 Å². The molecule has 3 rings (SSSR count). The highest BCUT2D eigenvalue weighted by atomic mass is 16.5. The van der Waals surface area contributed by atoms with Crippen LogP contribution in [0.15, 0.2) is 54.6 Å². The van der Waals surface area contributed by atoms with Crippen molar-refractivity contribution in [2.24, 2.45) is 5.73 Å². The molecule has 1 amide bonds. The lowest BCUT2D eigenvalue weighted by Gasteiger charge is -2.16. The van der Waals surface area contributed by atoms with Crippen LogP contribution < -0.4 is 10.5 Å². The van der Waals surface area contributed by atoms with Crippen molar-refractivity contribution >= 4 is 17.4 Å². The first-order valence-electron chi connectivity index (χ1n) is 7.54. The molecule has 116 valence electrons. The standard InChI is InChI=1S/C19H17NO3/c20-19(22)14-8-10-16(11-9-14)23-18-12-15(21)6-3-5-13-4-1-2-7-17(13)18/h1-2,4,7-12H,3,5-6H2,(H2,20,22). The number of hydrogen-bond donors (Lipinski definition) is 1. The minimum absolute atomic E-state index is 0.0586. The number of fused-ring (bicyclic) bond motifs is 1. The van der Waals surface area contributed by atoms with Gasteiger partial charge in [-0.15, -0.1) is 0 Å². The normalized spacial score (nSPS) is 14.3. The number of primary amides is 1. The van der Waals surface area contributed by atoms with Gasteiger partial charge in [-0.25, -0.2) is 0 Å². The predicted octanol–water partition coefficient (Wildman–Crippen LogP) is 3.11. The van der Waals surface area contributed by atoms with Gasteiger partial charge in [-0.2, -0.15) is 0 Å². The van der Waals surface area contributed by atoms with E-state index < -0.39 is 5.91 Å². The van der Waals surface area contributed by atoms with Crippen molar-refractivity contribution in [3.05, 3.63) is 71.3 Å². The molecule has 0 saturated heterocycles. The van der Waals surface area contributed by atoms with E-state index in [1.807, 2.05) is 18.2 Å². The highest BCUT2D eigenvalue weighted by Gasteiger charge is 2.15. The van der Waals surface area contributed by atoms with E-state index in [0.717, 1.165) is 18.4 Å². The molecule has 2 aromatic rings. The SMILES string of the molecule is NC(=O)c1ccc(OC2=CC(=O)CCCc3ccccc32)cc1. The van der Waals surface area contributed by atoms with Gasteiger partial charge in [0.1, 0.15) is 11.5 Å². The van der Waals surface area contributed by atoms with Crippen LogP contribution in [0.5, 0.6) is 5.75 Å². The topological polar surface area (TPSA) is 69.4 Å². The number of carbonyl (C=O) groups is 2. The van der Waals surface area contributed by atoms with E-state index in [-0.39, 0.29) is 5.78 Å². The smallest absolute Gasteiger partial charge is 0.248 e. The van der Waals surface area contributed by atoms with Crippen molar-refractivity contribution in [2.75, 3.05) is 0 Å². The average Bonchev–Trinajstić information content (AvgIpc) is 2.54. The molecule has 1 aliphatic carbocycles. The van der Waals surface area contributed by atoms with Gasteiger partial charge in [-0.3, -0.25) is 9.59 Å². The molecule has 1 aliphatic rings. The number of benzene rings is 2. The second-order valence-corrected chi connectivity index (χ2v) is 5.48. The Balaban J connectivity index is 1.94. The van der Waals surface area contributed by atoms with Crippen LogP contribution in [0.1, 0.15) is 34.3 Å². The van der Waals surface area contributed by atoms with Crippen LogP contribution in [0.3, 0.4) is 0 Å². The molecule has 2 aromatic carbocycles. The Morgan fingerprint density at radius 1 is 1.00 bits per heavy atom. The van der Waals surface area contributed by atoms with Crippen LogP contribution in [-0.4, -0.2) is 11.7 Å². The van der Waals surface area contributed by atoms with E-state index in [0.29, 0.717) is 23.5 Å². The zero-order valence-corrected chi connectivity index (χ0v) is 12.6. The van der Waals surface area contributed by atoms with Crippen LogP contribution in [0.4, 0.5) is 0 Å². The molecule has 4 nitrogen and oxygen atoms in total. The van der Waals surface area contributed by atoms with E-state index in [1.165, 1.54) is 5.56 Å². The van der Waals surface area contributed by atoms with Crippen molar-refractivity contribution in [3.63, 3.8) is 0 Å². The summed E-state index contributed by atoms with van der Waals surface area (Å²) in [5.41, 5.74) is 7.75. The molecule has 0 bridgehead atoms. The molecule has 23 heavy (non-hydrogen) atoms. The number of amides is 1. The van der Waals surface area contributed by atoms with Crippen LogP contribution in [0.2, 0.25) is 0 Å². The molecule has 0 spiro atoms. The van der Waals surface area contributed by atoms with Crippen molar-refractivity contribution in [1.29, 1.82) is 0 Å². The summed E-state index contributed by atoms with van der Waals surface area (Å²) >= 11 is 0. The summed E-state index contributed by atoms with van der Waals surface area (Å²) in [5.74, 6) is 0.673. The largest absolute Gasteiger partial charge is 0.457 e. The molecule has 0 heterocycles. The van der Waals surface area contributed by atoms with Crippen LogP contribution in [0, 0.1) is 0 Å². The Kier molecular flexibility index (Phi) is 4.24. The molecule has 0 atom stereocenters. The number of rotatable bonds is 3. The number of aryl methyl sites for hydroxylation is 1. The molecule has 4 heteroatoms. The molecule has 2 N–H and O–H groups in total. The lowest BCUT2D eigenvalue weighted by molar-refractivity contribution is -0.114. The fourth-order valence-corrected chi connectivity index (χ4v) is 2.63. The lowest BCUT2D eigenvalue weighted by atomic mass is 9.96. The fourth-order valence-electron chi connectivity index (χ4n) is 2.63. The summed E-state index contributed by atoms with van der Waals surface area (Å²) in [5, 5.41) is 0. The Morgan fingerprint density at radius 3 is 2.48 bits per heavy atom. The molecule has 0 unspecified atom stereocenters. The zero-order valence-electron chi connectivity index (χ0n) is 12.6. The van der Waals surface area contributed by atoms with Gasteiger partial charge in [0, 0.05) is 23.6 Å². The Hall–Kier alpha value is -2.88. The maximum absolute atomic E-state index is 12.0. The van der Waals surface area contributed by atoms with Crippen molar-refractivity contribution in [2.45, 2.75) is 19.3 Å². The first kappa shape index (κ1) is 15.0. The van der Waals surface area contributed by atoms with Crippen molar-refractivity contribution < 1.29 is 14.3 Å². The van der Waals surface area contributed by atoms with Crippen LogP contribution in [-0.2, 0) is 11.2 Å². The van der Waals surface area contributed by atoms with E-state index in [4.69, 9.17) is 10.5 Å². The maximum atomic E-state index is 12.0. The molecule has 0 aromatic heterocycles. The molecule has 0 saturated carbocycles. The number of hydrogen-bond acceptors (Lipinski definition) is 3. The van der Waals surface area contributed by atoms with Gasteiger partial charge in [0.05, 0.1) is 0 Å². The van der Waals surface area contributed by atoms with Gasteiger partial charge in [-0.05, 0) is 42.7 Å². The minimum atomic E-state index is -0.484. The second-order valence-electron chi connectivity index (χ2n) is 5.48. The Labute approximate surface area is 134 Å². The summed E-state index contributed by atoms with van der Waals surface area (Å²) in [6.45, 7) is 0. The van der Waals surface area contributed by atoms with E-state index in [2.05, 4.69) is 6.07 Å². The third kappa shape index (κ3) is 3.48. The highest BCUT2D eigenvalue weighted by Crippen LogP contribution is 2.27. The summed E-state index contributed by atoms with van der Waals surface area (Å²) in [7, 11) is 0.